The molecule has 0 aliphatic rings. The zero-order chi connectivity index (χ0) is 18.9. The van der Waals surface area contributed by atoms with Crippen molar-refractivity contribution in [3.63, 3.8) is 0 Å². The van der Waals surface area contributed by atoms with E-state index in [4.69, 9.17) is 0 Å². The summed E-state index contributed by atoms with van der Waals surface area (Å²) >= 11 is 0. The smallest absolute Gasteiger partial charge is 0.150 e. The molecule has 0 aromatic heterocycles. The van der Waals surface area contributed by atoms with Gasteiger partial charge in [-0.3, -0.25) is 4.79 Å². The molecule has 4 aromatic rings. The Labute approximate surface area is 155 Å². The molecule has 0 atom stereocenters. The molecule has 0 aliphatic carbocycles. The van der Waals surface area contributed by atoms with Gasteiger partial charge in [0.15, 0.2) is 6.29 Å². The van der Waals surface area contributed by atoms with Crippen molar-refractivity contribution < 1.29 is 4.79 Å². The van der Waals surface area contributed by atoms with Crippen LogP contribution < -0.4 is 0 Å². The number of hydrogen-bond acceptors (Lipinski definition) is 1. The van der Waals surface area contributed by atoms with Gasteiger partial charge in [-0.05, 0) is 66.4 Å². The highest BCUT2D eigenvalue weighted by Crippen LogP contribution is 2.40. The number of hydrogen-bond donors (Lipinski definition) is 0. The number of rotatable bonds is 1. The summed E-state index contributed by atoms with van der Waals surface area (Å²) in [7, 11) is 0. The van der Waals surface area contributed by atoms with Crippen LogP contribution in [-0.2, 0) is 10.8 Å². The molecule has 26 heavy (non-hydrogen) atoms. The Morgan fingerprint density at radius 3 is 1.69 bits per heavy atom. The van der Waals surface area contributed by atoms with E-state index in [0.29, 0.717) is 0 Å². The van der Waals surface area contributed by atoms with E-state index in [0.717, 1.165) is 22.6 Å². The van der Waals surface area contributed by atoms with Gasteiger partial charge in [0.2, 0.25) is 0 Å². The molecule has 1 nitrogen and oxygen atoms in total. The fraction of sp³-hybridized carbons (Fsp3) is 0.320. The number of aldehydes is 1. The molecule has 0 N–H and O–H groups in total. The van der Waals surface area contributed by atoms with E-state index in [1.54, 1.807) is 0 Å². The second-order valence-electron chi connectivity index (χ2n) is 9.57. The van der Waals surface area contributed by atoms with Gasteiger partial charge in [-0.25, -0.2) is 0 Å². The molecule has 4 rings (SSSR count). The Bertz CT molecular complexity index is 1150. The SMILES string of the molecule is CC(C)(C)c1cc2ccc3cc(C(C)(C)C)cc4c(C=O)cc(c1)c2c34. The Hall–Kier alpha value is -2.41. The average molecular weight is 342 g/mol. The van der Waals surface area contributed by atoms with Crippen LogP contribution in [0.4, 0.5) is 0 Å². The maximum Gasteiger partial charge on any atom is 0.150 e. The molecular formula is C25H26O. The van der Waals surface area contributed by atoms with E-state index in [2.05, 4.69) is 84.0 Å². The first-order valence-electron chi connectivity index (χ1n) is 9.32. The molecule has 0 bridgehead atoms. The summed E-state index contributed by atoms with van der Waals surface area (Å²) in [5, 5.41) is 7.20. The molecule has 0 fully saturated rings. The van der Waals surface area contributed by atoms with Crippen molar-refractivity contribution in [2.45, 2.75) is 52.4 Å². The molecule has 0 amide bonds. The maximum absolute atomic E-state index is 11.9. The summed E-state index contributed by atoms with van der Waals surface area (Å²) in [5.74, 6) is 0. The third kappa shape index (κ3) is 2.49. The van der Waals surface area contributed by atoms with Crippen molar-refractivity contribution in [2.24, 2.45) is 0 Å². The van der Waals surface area contributed by atoms with Crippen LogP contribution in [-0.4, -0.2) is 6.29 Å². The monoisotopic (exact) mass is 342 g/mol. The van der Waals surface area contributed by atoms with Crippen LogP contribution in [0.2, 0.25) is 0 Å². The second-order valence-corrected chi connectivity index (χ2v) is 9.57. The quantitative estimate of drug-likeness (QED) is 0.269. The fourth-order valence-corrected chi connectivity index (χ4v) is 3.91. The minimum Gasteiger partial charge on any atom is -0.298 e. The first kappa shape index (κ1) is 17.0. The third-order valence-corrected chi connectivity index (χ3v) is 5.54. The van der Waals surface area contributed by atoms with E-state index < -0.39 is 0 Å². The van der Waals surface area contributed by atoms with Crippen molar-refractivity contribution in [2.75, 3.05) is 0 Å². The van der Waals surface area contributed by atoms with E-state index in [1.165, 1.54) is 32.7 Å². The second kappa shape index (κ2) is 5.30. The van der Waals surface area contributed by atoms with Gasteiger partial charge in [0.25, 0.3) is 0 Å². The summed E-state index contributed by atoms with van der Waals surface area (Å²) in [6.45, 7) is 13.4. The topological polar surface area (TPSA) is 17.1 Å². The minimum absolute atomic E-state index is 0.0456. The lowest BCUT2D eigenvalue weighted by atomic mass is 9.80. The van der Waals surface area contributed by atoms with Gasteiger partial charge in [-0.15, -0.1) is 0 Å². The molecule has 0 unspecified atom stereocenters. The van der Waals surface area contributed by atoms with Gasteiger partial charge >= 0.3 is 0 Å². The minimum atomic E-state index is 0.0456. The van der Waals surface area contributed by atoms with Crippen LogP contribution in [0.3, 0.4) is 0 Å². The first-order valence-corrected chi connectivity index (χ1v) is 9.32. The molecule has 0 saturated carbocycles. The molecule has 1 heteroatoms. The summed E-state index contributed by atoms with van der Waals surface area (Å²) in [6.07, 6.45) is 1.01. The Kier molecular flexibility index (Phi) is 3.47. The summed E-state index contributed by atoms with van der Waals surface area (Å²) in [5.41, 5.74) is 3.47. The van der Waals surface area contributed by atoms with Gasteiger partial charge < -0.3 is 0 Å². The van der Waals surface area contributed by atoms with Gasteiger partial charge in [0.05, 0.1) is 0 Å². The van der Waals surface area contributed by atoms with Crippen LogP contribution in [0.1, 0.15) is 63.0 Å². The van der Waals surface area contributed by atoms with Crippen LogP contribution in [0.25, 0.3) is 32.3 Å². The largest absolute Gasteiger partial charge is 0.298 e. The Morgan fingerprint density at radius 1 is 0.654 bits per heavy atom. The van der Waals surface area contributed by atoms with Gasteiger partial charge in [0, 0.05) is 5.56 Å². The summed E-state index contributed by atoms with van der Waals surface area (Å²) in [6, 6.07) is 15.6. The van der Waals surface area contributed by atoms with Crippen molar-refractivity contribution >= 4 is 38.6 Å². The van der Waals surface area contributed by atoms with Gasteiger partial charge in [-0.1, -0.05) is 71.9 Å². The lowest BCUT2D eigenvalue weighted by Gasteiger charge is -2.24. The van der Waals surface area contributed by atoms with Crippen molar-refractivity contribution in [1.82, 2.24) is 0 Å². The molecule has 0 spiro atoms. The molecular weight excluding hydrogens is 316 g/mol. The molecule has 0 radical (unpaired) electrons. The number of carbonyl (C=O) groups is 1. The fourth-order valence-electron chi connectivity index (χ4n) is 3.91. The van der Waals surface area contributed by atoms with E-state index in [1.807, 2.05) is 0 Å². The predicted octanol–water partition coefficient (Wildman–Crippen LogP) is 6.99. The maximum atomic E-state index is 11.9. The van der Waals surface area contributed by atoms with Crippen LogP contribution in [0.15, 0.2) is 42.5 Å². The van der Waals surface area contributed by atoms with Gasteiger partial charge in [0.1, 0.15) is 0 Å². The van der Waals surface area contributed by atoms with Gasteiger partial charge in [-0.2, -0.15) is 0 Å². The van der Waals surface area contributed by atoms with Crippen molar-refractivity contribution in [3.05, 3.63) is 59.2 Å². The van der Waals surface area contributed by atoms with Crippen LogP contribution in [0.5, 0.6) is 0 Å². The van der Waals surface area contributed by atoms with E-state index >= 15 is 0 Å². The molecule has 0 saturated heterocycles. The van der Waals surface area contributed by atoms with Crippen molar-refractivity contribution in [3.8, 4) is 0 Å². The molecule has 132 valence electrons. The summed E-state index contributed by atoms with van der Waals surface area (Å²) < 4.78 is 0. The summed E-state index contributed by atoms with van der Waals surface area (Å²) in [4.78, 5) is 11.9. The van der Waals surface area contributed by atoms with Crippen molar-refractivity contribution in [1.29, 1.82) is 0 Å². The van der Waals surface area contributed by atoms with E-state index in [-0.39, 0.29) is 10.8 Å². The highest BCUT2D eigenvalue weighted by molar-refractivity contribution is 6.26. The normalized spacial score (nSPS) is 13.2. The lowest BCUT2D eigenvalue weighted by Crippen LogP contribution is -2.12. The zero-order valence-electron chi connectivity index (χ0n) is 16.5. The van der Waals surface area contributed by atoms with Crippen LogP contribution in [0, 0.1) is 0 Å². The number of carbonyl (C=O) groups excluding carboxylic acids is 1. The Balaban J connectivity index is 2.22. The molecule has 0 heterocycles. The first-order chi connectivity index (χ1) is 12.1. The lowest BCUT2D eigenvalue weighted by molar-refractivity contribution is 0.112. The third-order valence-electron chi connectivity index (χ3n) is 5.54. The highest BCUT2D eigenvalue weighted by atomic mass is 16.1. The Morgan fingerprint density at radius 2 is 1.15 bits per heavy atom. The molecule has 0 aliphatic heterocycles. The standard InChI is InChI=1S/C25H26O/c1-24(2,3)19-10-15-7-8-16-11-20(25(4,5)6)13-21-18(14-26)9-17(12-19)22(15)23(16)21/h7-14H,1-6H3. The average Bonchev–Trinajstić information content (AvgIpc) is 2.56. The zero-order valence-corrected chi connectivity index (χ0v) is 16.5. The number of benzene rings is 4. The highest BCUT2D eigenvalue weighted by Gasteiger charge is 2.21. The molecule has 4 aromatic carbocycles. The van der Waals surface area contributed by atoms with Crippen LogP contribution >= 0.6 is 0 Å². The van der Waals surface area contributed by atoms with E-state index in [9.17, 15) is 4.79 Å². The predicted molar refractivity (Wildman–Crippen MR) is 113 cm³/mol.